The predicted octanol–water partition coefficient (Wildman–Crippen LogP) is 5.20. The fourth-order valence-electron chi connectivity index (χ4n) is 1.28. The molecule has 0 heterocycles. The summed E-state index contributed by atoms with van der Waals surface area (Å²) in [4.78, 5) is 0. The first-order valence-electron chi connectivity index (χ1n) is 9.53. The molecule has 0 aliphatic heterocycles. The van der Waals surface area contributed by atoms with Gasteiger partial charge < -0.3 is 0 Å². The summed E-state index contributed by atoms with van der Waals surface area (Å²) in [5.41, 5.74) is 14.5. The van der Waals surface area contributed by atoms with Gasteiger partial charge in [-0.25, -0.2) is 0 Å². The van der Waals surface area contributed by atoms with Crippen LogP contribution in [0, 0.1) is 41.0 Å². The molecule has 0 aromatic carbocycles. The number of rotatable bonds is 2. The van der Waals surface area contributed by atoms with Crippen molar-refractivity contribution < 1.29 is 0 Å². The zero-order chi connectivity index (χ0) is 21.5. The Hall–Kier alpha value is 0.224. The van der Waals surface area contributed by atoms with Gasteiger partial charge >= 0.3 is 185 Å². The molecule has 0 aromatic rings. The first-order valence-corrected chi connectivity index (χ1v) is 29.9. The van der Waals surface area contributed by atoms with E-state index in [1.807, 2.05) is 0 Å². The maximum atomic E-state index is 3.69. The third-order valence-electron chi connectivity index (χ3n) is 2.55. The summed E-state index contributed by atoms with van der Waals surface area (Å²) in [6, 6.07) is 0. The topological polar surface area (TPSA) is 0 Å². The Labute approximate surface area is 184 Å². The van der Waals surface area contributed by atoms with E-state index in [1.165, 1.54) is 0 Å². The van der Waals surface area contributed by atoms with Crippen LogP contribution >= 0.6 is 0 Å². The van der Waals surface area contributed by atoms with Crippen LogP contribution in [0.3, 0.4) is 0 Å². The van der Waals surface area contributed by atoms with Gasteiger partial charge in [-0.15, -0.1) is 0 Å². The van der Waals surface area contributed by atoms with E-state index in [0.717, 1.165) is 4.00 Å². The van der Waals surface area contributed by atoms with E-state index in [4.69, 9.17) is 0 Å². The van der Waals surface area contributed by atoms with Gasteiger partial charge in [0.2, 0.25) is 0 Å². The van der Waals surface area contributed by atoms with Crippen molar-refractivity contribution in [2.45, 2.75) is 82.6 Å². The molecule has 0 aliphatic rings. The molecule has 0 bridgehead atoms. The SMILES string of the molecule is C[Si](C)(C)C#C[As](C#C[Si](C)(C)C)C[As](C#C[Si](C)(C)C)C#C[Si](C)(C)C. The Bertz CT molecular complexity index is 614. The molecule has 0 radical (unpaired) electrons. The molecule has 0 unspecified atom stereocenters. The molecule has 148 valence electrons. The van der Waals surface area contributed by atoms with Gasteiger partial charge in [-0.2, -0.15) is 0 Å². The Balaban J connectivity index is 5.91. The van der Waals surface area contributed by atoms with E-state index >= 15 is 0 Å². The second-order valence-corrected chi connectivity index (χ2v) is 39.1. The van der Waals surface area contributed by atoms with E-state index < -0.39 is 61.6 Å². The van der Waals surface area contributed by atoms with Crippen LogP contribution in [0.5, 0.6) is 0 Å². The molecule has 0 saturated heterocycles. The second-order valence-electron chi connectivity index (χ2n) is 10.9. The Morgan fingerprint density at radius 2 is 0.593 bits per heavy atom. The minimum absolute atomic E-state index is 1.14. The normalized spacial score (nSPS) is 12.1. The van der Waals surface area contributed by atoms with Crippen molar-refractivity contribution in [1.82, 2.24) is 0 Å². The monoisotopic (exact) mass is 552 g/mol. The first kappa shape index (κ1) is 27.2. The standard InChI is InChI=1S/C21H38As2Si4/c1-24(2,3)17-13-22(14-18-25(4,5)6)21-23(15-19-26(7,8)9)16-20-27(10,11)12/h21H2,1-12H3. The number of hydrogen-bond donors (Lipinski definition) is 0. The molecule has 0 aromatic heterocycles. The zero-order valence-corrected chi connectivity index (χ0v) is 27.4. The maximum absolute atomic E-state index is 3.69. The summed E-state index contributed by atoms with van der Waals surface area (Å²) >= 11 is -3.01. The summed E-state index contributed by atoms with van der Waals surface area (Å²) in [6.07, 6.45) is 0. The number of hydrogen-bond acceptors (Lipinski definition) is 0. The van der Waals surface area contributed by atoms with Crippen LogP contribution < -0.4 is 0 Å². The molecule has 0 aliphatic carbocycles. The van der Waals surface area contributed by atoms with Crippen LogP contribution in [-0.2, 0) is 0 Å². The molecular weight excluding hydrogens is 514 g/mol. The fourth-order valence-corrected chi connectivity index (χ4v) is 22.6. The van der Waals surface area contributed by atoms with Crippen molar-refractivity contribution in [3.05, 3.63) is 0 Å². The van der Waals surface area contributed by atoms with Crippen molar-refractivity contribution >= 4 is 61.6 Å². The average molecular weight is 553 g/mol. The molecular formula is C21H38As2Si4. The van der Waals surface area contributed by atoms with Crippen molar-refractivity contribution in [3.8, 4) is 41.0 Å². The first-order chi connectivity index (χ1) is 11.9. The summed E-state index contributed by atoms with van der Waals surface area (Å²) in [7, 11) is -5.46. The molecule has 0 atom stereocenters. The predicted molar refractivity (Wildman–Crippen MR) is 141 cm³/mol. The molecule has 0 spiro atoms. The van der Waals surface area contributed by atoms with Crippen molar-refractivity contribution in [3.63, 3.8) is 0 Å². The van der Waals surface area contributed by atoms with Gasteiger partial charge in [-0.05, 0) is 0 Å². The van der Waals surface area contributed by atoms with Gasteiger partial charge in [0.25, 0.3) is 0 Å². The van der Waals surface area contributed by atoms with Gasteiger partial charge in [0.1, 0.15) is 0 Å². The van der Waals surface area contributed by atoms with Gasteiger partial charge in [0.05, 0.1) is 0 Å². The molecule has 0 fully saturated rings. The van der Waals surface area contributed by atoms with Crippen molar-refractivity contribution in [1.29, 1.82) is 0 Å². The van der Waals surface area contributed by atoms with Crippen LogP contribution in [0.15, 0.2) is 0 Å². The van der Waals surface area contributed by atoms with E-state index in [1.54, 1.807) is 0 Å². The molecule has 27 heavy (non-hydrogen) atoms. The minimum atomic E-state index is -1.50. The van der Waals surface area contributed by atoms with Gasteiger partial charge in [-0.1, -0.05) is 0 Å². The van der Waals surface area contributed by atoms with Crippen LogP contribution in [0.4, 0.5) is 0 Å². The zero-order valence-electron chi connectivity index (χ0n) is 19.6. The van der Waals surface area contributed by atoms with Crippen LogP contribution in [0.25, 0.3) is 0 Å². The molecule has 0 amide bonds. The Morgan fingerprint density at radius 1 is 0.407 bits per heavy atom. The molecule has 0 N–H and O–H groups in total. The molecule has 0 rings (SSSR count). The second kappa shape index (κ2) is 10.8. The van der Waals surface area contributed by atoms with Gasteiger partial charge in [0.15, 0.2) is 0 Å². The molecule has 6 heteroatoms. The van der Waals surface area contributed by atoms with Crippen molar-refractivity contribution in [2.24, 2.45) is 0 Å². The summed E-state index contributed by atoms with van der Waals surface area (Å²) in [5, 5.41) is 0. The molecule has 0 nitrogen and oxygen atoms in total. The van der Waals surface area contributed by atoms with Crippen molar-refractivity contribution in [2.75, 3.05) is 0 Å². The Morgan fingerprint density at radius 3 is 0.741 bits per heavy atom. The average Bonchev–Trinajstić information content (AvgIpc) is 2.40. The quantitative estimate of drug-likeness (QED) is 0.327. The van der Waals surface area contributed by atoms with Crippen LogP contribution in [-0.4, -0.2) is 61.6 Å². The fraction of sp³-hybridized carbons (Fsp3) is 0.619. The van der Waals surface area contributed by atoms with E-state index in [9.17, 15) is 0 Å². The summed E-state index contributed by atoms with van der Waals surface area (Å²) < 4.78 is 15.9. The van der Waals surface area contributed by atoms with Crippen LogP contribution in [0.2, 0.25) is 82.6 Å². The summed E-state index contributed by atoms with van der Waals surface area (Å²) in [6.45, 7) is 27.9. The van der Waals surface area contributed by atoms with E-state index in [-0.39, 0.29) is 0 Å². The Kier molecular flexibility index (Phi) is 10.9. The van der Waals surface area contributed by atoms with E-state index in [2.05, 4.69) is 120 Å². The summed E-state index contributed by atoms with van der Waals surface area (Å²) in [5.74, 6) is 0. The van der Waals surface area contributed by atoms with Gasteiger partial charge in [-0.3, -0.25) is 0 Å². The van der Waals surface area contributed by atoms with E-state index in [0.29, 0.717) is 0 Å². The third kappa shape index (κ3) is 19.3. The van der Waals surface area contributed by atoms with Crippen LogP contribution in [0.1, 0.15) is 0 Å². The third-order valence-corrected chi connectivity index (χ3v) is 18.4. The molecule has 0 saturated carbocycles. The van der Waals surface area contributed by atoms with Gasteiger partial charge in [0, 0.05) is 0 Å².